The van der Waals surface area contributed by atoms with Gasteiger partial charge in [0.1, 0.15) is 10.5 Å². The Kier molecular flexibility index (Phi) is 7.08. The summed E-state index contributed by atoms with van der Waals surface area (Å²) in [6, 6.07) is 7.53. The van der Waals surface area contributed by atoms with Crippen LogP contribution in [0.5, 0.6) is 0 Å². The number of benzene rings is 1. The number of nitrogens with zero attached hydrogens (tertiary/aromatic N) is 1. The molecule has 0 saturated carbocycles. The summed E-state index contributed by atoms with van der Waals surface area (Å²) in [6.45, 7) is 9.13. The quantitative estimate of drug-likeness (QED) is 0.338. The van der Waals surface area contributed by atoms with Crippen LogP contribution in [0.15, 0.2) is 36.5 Å². The van der Waals surface area contributed by atoms with Crippen LogP contribution in [0.4, 0.5) is 8.78 Å². The molecule has 0 N–H and O–H groups in total. The highest BCUT2D eigenvalue weighted by atomic mass is 32.1. The molecule has 0 spiro atoms. The van der Waals surface area contributed by atoms with Crippen LogP contribution in [0.3, 0.4) is 0 Å². The molecule has 0 aliphatic heterocycles. The molecule has 3 aromatic rings. The molecule has 2 aromatic heterocycles. The van der Waals surface area contributed by atoms with E-state index in [1.807, 2.05) is 19.1 Å². The van der Waals surface area contributed by atoms with Crippen molar-refractivity contribution in [2.75, 3.05) is 0 Å². The van der Waals surface area contributed by atoms with E-state index in [-0.39, 0.29) is 18.6 Å². The first-order chi connectivity index (χ1) is 14.1. The third-order valence-corrected chi connectivity index (χ3v) is 8.70. The van der Waals surface area contributed by atoms with E-state index in [9.17, 15) is 13.3 Å². The number of aryl methyl sites for hydroxylation is 1. The van der Waals surface area contributed by atoms with Crippen LogP contribution in [0.2, 0.25) is 0 Å². The number of aromatic nitrogens is 1. The van der Waals surface area contributed by atoms with Crippen LogP contribution in [-0.4, -0.2) is 17.2 Å². The SMILES string of the molecule is Cc1c(C(Cc2ccc(F)c(F)c2)P(=O)(OC(C)C)OC(C)C)sc2ncccc12. The topological polar surface area (TPSA) is 48.4 Å². The fourth-order valence-electron chi connectivity index (χ4n) is 3.39. The lowest BCUT2D eigenvalue weighted by molar-refractivity contribution is 0.136. The van der Waals surface area contributed by atoms with E-state index in [1.54, 1.807) is 33.9 Å². The second-order valence-electron chi connectivity index (χ2n) is 7.76. The van der Waals surface area contributed by atoms with Crippen LogP contribution >= 0.6 is 18.9 Å². The molecule has 1 aromatic carbocycles. The van der Waals surface area contributed by atoms with Crippen molar-refractivity contribution in [1.29, 1.82) is 0 Å². The first-order valence-electron chi connectivity index (χ1n) is 9.85. The smallest absolute Gasteiger partial charge is 0.305 e. The van der Waals surface area contributed by atoms with Gasteiger partial charge in [0.2, 0.25) is 0 Å². The molecule has 4 nitrogen and oxygen atoms in total. The Bertz CT molecular complexity index is 1070. The van der Waals surface area contributed by atoms with Gasteiger partial charge in [-0.1, -0.05) is 12.1 Å². The largest absolute Gasteiger partial charge is 0.339 e. The average Bonchev–Trinajstić information content (AvgIpc) is 2.98. The molecule has 0 radical (unpaired) electrons. The summed E-state index contributed by atoms with van der Waals surface area (Å²) in [5.41, 5.74) is 0.783. The van der Waals surface area contributed by atoms with E-state index >= 15 is 0 Å². The molecule has 0 aliphatic carbocycles. The number of thiophene rings is 1. The molecule has 0 aliphatic rings. The van der Waals surface area contributed by atoms with Crippen LogP contribution in [0.1, 0.15) is 49.4 Å². The van der Waals surface area contributed by atoms with Crippen molar-refractivity contribution in [3.63, 3.8) is 0 Å². The zero-order valence-corrected chi connectivity index (χ0v) is 19.4. The minimum atomic E-state index is -3.67. The normalized spacial score (nSPS) is 13.5. The summed E-state index contributed by atoms with van der Waals surface area (Å²) >= 11 is 1.43. The molecule has 1 unspecified atom stereocenters. The Morgan fingerprint density at radius 2 is 1.73 bits per heavy atom. The zero-order valence-electron chi connectivity index (χ0n) is 17.7. The van der Waals surface area contributed by atoms with Gasteiger partial charge in [-0.05, 0) is 70.4 Å². The lowest BCUT2D eigenvalue weighted by Gasteiger charge is -2.30. The standard InChI is InChI=1S/C22H26F2NO3PS/c1-13(2)27-29(26,28-14(3)4)20(12-16-8-9-18(23)19(24)11-16)21-15(5)17-7-6-10-25-22(17)30-21/h6-11,13-14,20H,12H2,1-5H3. The fraction of sp³-hybridized carbons (Fsp3) is 0.409. The molecule has 162 valence electrons. The molecule has 0 amide bonds. The van der Waals surface area contributed by atoms with E-state index < -0.39 is 24.9 Å². The lowest BCUT2D eigenvalue weighted by atomic mass is 10.1. The van der Waals surface area contributed by atoms with E-state index in [2.05, 4.69) is 4.98 Å². The molecule has 8 heteroatoms. The highest BCUT2D eigenvalue weighted by Gasteiger charge is 2.41. The van der Waals surface area contributed by atoms with Crippen LogP contribution in [0.25, 0.3) is 10.2 Å². The van der Waals surface area contributed by atoms with Crippen molar-refractivity contribution in [3.8, 4) is 0 Å². The first-order valence-corrected chi connectivity index (χ1v) is 12.3. The highest BCUT2D eigenvalue weighted by molar-refractivity contribution is 7.54. The minimum absolute atomic E-state index is 0.182. The Labute approximate surface area is 179 Å². The van der Waals surface area contributed by atoms with Crippen LogP contribution in [-0.2, 0) is 20.0 Å². The molecule has 3 rings (SSSR count). The van der Waals surface area contributed by atoms with Crippen molar-refractivity contribution < 1.29 is 22.4 Å². The average molecular weight is 453 g/mol. The Morgan fingerprint density at radius 1 is 1.07 bits per heavy atom. The summed E-state index contributed by atoms with van der Waals surface area (Å²) in [4.78, 5) is 6.06. The van der Waals surface area contributed by atoms with Crippen molar-refractivity contribution in [3.05, 3.63) is 64.2 Å². The van der Waals surface area contributed by atoms with Crippen molar-refractivity contribution in [2.24, 2.45) is 0 Å². The van der Waals surface area contributed by atoms with Gasteiger partial charge in [-0.15, -0.1) is 11.3 Å². The molecule has 30 heavy (non-hydrogen) atoms. The number of hydrogen-bond donors (Lipinski definition) is 0. The first kappa shape index (κ1) is 23.0. The molecular weight excluding hydrogens is 427 g/mol. The van der Waals surface area contributed by atoms with Gasteiger partial charge >= 0.3 is 7.60 Å². The summed E-state index contributed by atoms with van der Waals surface area (Å²) < 4.78 is 53.2. The van der Waals surface area contributed by atoms with E-state index in [1.165, 1.54) is 17.4 Å². The monoisotopic (exact) mass is 453 g/mol. The second-order valence-corrected chi connectivity index (χ2v) is 10.9. The summed E-state index contributed by atoms with van der Waals surface area (Å²) in [6.07, 6.45) is 1.22. The van der Waals surface area contributed by atoms with E-state index in [0.29, 0.717) is 5.56 Å². The Hall–Kier alpha value is -1.66. The highest BCUT2D eigenvalue weighted by Crippen LogP contribution is 2.65. The van der Waals surface area contributed by atoms with Crippen molar-refractivity contribution in [2.45, 2.75) is 58.9 Å². The van der Waals surface area contributed by atoms with Crippen LogP contribution < -0.4 is 0 Å². The van der Waals surface area contributed by atoms with E-state index in [4.69, 9.17) is 9.05 Å². The van der Waals surface area contributed by atoms with Gasteiger partial charge < -0.3 is 9.05 Å². The number of rotatable bonds is 8. The number of pyridine rings is 1. The molecular formula is C22H26F2NO3PS. The molecule has 1 atom stereocenters. The van der Waals surface area contributed by atoms with Gasteiger partial charge in [-0.2, -0.15) is 0 Å². The molecule has 0 saturated heterocycles. The maximum atomic E-state index is 14.1. The third-order valence-electron chi connectivity index (χ3n) is 4.56. The van der Waals surface area contributed by atoms with Crippen LogP contribution in [0, 0.1) is 18.6 Å². The molecule has 0 bridgehead atoms. The summed E-state index contributed by atoms with van der Waals surface area (Å²) in [5.74, 6) is -1.86. The second kappa shape index (κ2) is 9.23. The summed E-state index contributed by atoms with van der Waals surface area (Å²) in [5, 5.41) is 0.966. The van der Waals surface area contributed by atoms with Crippen molar-refractivity contribution >= 4 is 29.1 Å². The maximum Gasteiger partial charge on any atom is 0.339 e. The molecule has 2 heterocycles. The predicted octanol–water partition coefficient (Wildman–Crippen LogP) is 7.21. The van der Waals surface area contributed by atoms with Gasteiger partial charge in [0.25, 0.3) is 0 Å². The lowest BCUT2D eigenvalue weighted by Crippen LogP contribution is -2.15. The third kappa shape index (κ3) is 4.97. The molecule has 0 fully saturated rings. The number of hydrogen-bond acceptors (Lipinski definition) is 5. The van der Waals surface area contributed by atoms with E-state index in [0.717, 1.165) is 32.8 Å². The summed E-state index contributed by atoms with van der Waals surface area (Å²) in [7, 11) is -3.67. The minimum Gasteiger partial charge on any atom is -0.305 e. The van der Waals surface area contributed by atoms with Gasteiger partial charge in [-0.3, -0.25) is 4.57 Å². The maximum absolute atomic E-state index is 14.1. The fourth-order valence-corrected chi connectivity index (χ4v) is 7.50. The number of halogens is 2. The predicted molar refractivity (Wildman–Crippen MR) is 117 cm³/mol. The van der Waals surface area contributed by atoms with Gasteiger partial charge in [0, 0.05) is 16.5 Å². The van der Waals surface area contributed by atoms with Gasteiger partial charge in [0.05, 0.1) is 12.2 Å². The van der Waals surface area contributed by atoms with Gasteiger partial charge in [-0.25, -0.2) is 13.8 Å². The van der Waals surface area contributed by atoms with Crippen molar-refractivity contribution in [1.82, 2.24) is 4.98 Å². The Balaban J connectivity index is 2.16. The Morgan fingerprint density at radius 3 is 2.30 bits per heavy atom. The van der Waals surface area contributed by atoms with Gasteiger partial charge in [0.15, 0.2) is 11.6 Å². The zero-order chi connectivity index (χ0) is 22.1. The number of fused-ring (bicyclic) bond motifs is 1.